The predicted molar refractivity (Wildman–Crippen MR) is 139 cm³/mol. The molecule has 4 aromatic heterocycles. The molecule has 1 aliphatic rings. The van der Waals surface area contributed by atoms with Crippen LogP contribution in [0.3, 0.4) is 0 Å². The molecule has 0 aliphatic carbocycles. The van der Waals surface area contributed by atoms with Gasteiger partial charge in [-0.2, -0.15) is 10.2 Å². The van der Waals surface area contributed by atoms with Crippen LogP contribution >= 0.6 is 0 Å². The number of nitrogens with zero attached hydrogens (tertiary/aromatic N) is 9. The van der Waals surface area contributed by atoms with Gasteiger partial charge in [-0.1, -0.05) is 12.1 Å². The number of hydrogen-bond acceptors (Lipinski definition) is 8. The van der Waals surface area contributed by atoms with Crippen LogP contribution in [-0.4, -0.2) is 60.5 Å². The van der Waals surface area contributed by atoms with Gasteiger partial charge in [-0.15, -0.1) is 0 Å². The number of rotatable bonds is 5. The summed E-state index contributed by atoms with van der Waals surface area (Å²) in [5.74, 6) is 1.18. The average molecular weight is 500 g/mol. The van der Waals surface area contributed by atoms with E-state index in [9.17, 15) is 4.39 Å². The minimum atomic E-state index is -0.837. The van der Waals surface area contributed by atoms with E-state index in [2.05, 4.69) is 34.9 Å². The third kappa shape index (κ3) is 4.27. The minimum Gasteiger partial charge on any atom is -0.351 e. The normalized spacial score (nSPS) is 16.2. The molecule has 1 fully saturated rings. The van der Waals surface area contributed by atoms with Gasteiger partial charge >= 0.3 is 0 Å². The summed E-state index contributed by atoms with van der Waals surface area (Å²) in [5.41, 5.74) is 9.78. The molecule has 1 aliphatic heterocycles. The van der Waals surface area contributed by atoms with Crippen LogP contribution in [0.1, 0.15) is 19.4 Å². The summed E-state index contributed by atoms with van der Waals surface area (Å²) in [6, 6.07) is 8.18. The molecule has 0 radical (unpaired) electrons. The Balaban J connectivity index is 1.17. The van der Waals surface area contributed by atoms with Gasteiger partial charge < -0.3 is 15.5 Å². The molecule has 1 saturated heterocycles. The van der Waals surface area contributed by atoms with E-state index >= 15 is 0 Å². The topological polar surface area (TPSA) is 106 Å². The molecule has 5 aromatic rings. The summed E-state index contributed by atoms with van der Waals surface area (Å²) >= 11 is 0. The number of aryl methyl sites for hydroxylation is 1. The van der Waals surface area contributed by atoms with E-state index in [0.29, 0.717) is 5.95 Å². The minimum absolute atomic E-state index is 0.227. The lowest BCUT2D eigenvalue weighted by atomic mass is 9.87. The Morgan fingerprint density at radius 2 is 1.62 bits per heavy atom. The van der Waals surface area contributed by atoms with E-state index in [1.807, 2.05) is 25.4 Å². The van der Waals surface area contributed by atoms with Crippen molar-refractivity contribution in [2.24, 2.45) is 12.8 Å². The first-order valence-corrected chi connectivity index (χ1v) is 12.0. The molecule has 5 heterocycles. The van der Waals surface area contributed by atoms with Crippen LogP contribution in [0, 0.1) is 5.82 Å². The molecule has 6 rings (SSSR count). The van der Waals surface area contributed by atoms with Gasteiger partial charge in [0.15, 0.2) is 5.82 Å². The fourth-order valence-corrected chi connectivity index (χ4v) is 4.66. The highest BCUT2D eigenvalue weighted by Crippen LogP contribution is 2.29. The number of nitrogens with two attached hydrogens (primary N) is 1. The largest absolute Gasteiger partial charge is 0.351 e. The SMILES string of the molecule is [2H]c1nn(C)cc1-c1cc2c(N3CCN(c4ncc([C@](C)(N)c5ccc(F)cc5)cn4)CC3)ncnn2c1. The lowest BCUT2D eigenvalue weighted by Crippen LogP contribution is -2.47. The molecule has 0 amide bonds. The van der Waals surface area contributed by atoms with Gasteiger partial charge in [-0.3, -0.25) is 4.68 Å². The lowest BCUT2D eigenvalue weighted by Gasteiger charge is -2.35. The summed E-state index contributed by atoms with van der Waals surface area (Å²) in [6.45, 7) is 4.78. The zero-order valence-corrected chi connectivity index (χ0v) is 20.6. The first-order valence-electron chi connectivity index (χ1n) is 12.5. The summed E-state index contributed by atoms with van der Waals surface area (Å²) in [5, 5.41) is 8.50. The maximum atomic E-state index is 13.3. The number of piperazine rings is 1. The van der Waals surface area contributed by atoms with Crippen LogP contribution in [0.5, 0.6) is 0 Å². The molecule has 1 atom stereocenters. The second-order valence-corrected chi connectivity index (χ2v) is 9.43. The monoisotopic (exact) mass is 499 g/mol. The van der Waals surface area contributed by atoms with E-state index in [-0.39, 0.29) is 12.0 Å². The first-order chi connectivity index (χ1) is 18.3. The van der Waals surface area contributed by atoms with Crippen molar-refractivity contribution in [3.8, 4) is 11.1 Å². The van der Waals surface area contributed by atoms with Crippen molar-refractivity contribution >= 4 is 17.3 Å². The number of aromatic nitrogens is 7. The summed E-state index contributed by atoms with van der Waals surface area (Å²) in [6.07, 6.45) is 9.00. The third-order valence-corrected chi connectivity index (χ3v) is 6.88. The Labute approximate surface area is 214 Å². The van der Waals surface area contributed by atoms with Crippen LogP contribution in [-0.2, 0) is 12.6 Å². The van der Waals surface area contributed by atoms with Crippen LogP contribution < -0.4 is 15.5 Å². The van der Waals surface area contributed by atoms with Crippen molar-refractivity contribution in [3.63, 3.8) is 0 Å². The third-order valence-electron chi connectivity index (χ3n) is 6.88. The molecule has 0 bridgehead atoms. The predicted octanol–water partition coefficient (Wildman–Crippen LogP) is 2.61. The van der Waals surface area contributed by atoms with Crippen molar-refractivity contribution in [1.82, 2.24) is 34.3 Å². The van der Waals surface area contributed by atoms with Gasteiger partial charge in [0.25, 0.3) is 0 Å². The molecular weight excluding hydrogens is 471 g/mol. The average Bonchev–Trinajstić information content (AvgIpc) is 3.51. The zero-order valence-electron chi connectivity index (χ0n) is 21.6. The number of fused-ring (bicyclic) bond motifs is 1. The van der Waals surface area contributed by atoms with E-state index in [0.717, 1.165) is 59.8 Å². The summed E-state index contributed by atoms with van der Waals surface area (Å²) < 4.78 is 24.9. The van der Waals surface area contributed by atoms with Crippen molar-refractivity contribution in [2.75, 3.05) is 36.0 Å². The first kappa shape index (κ1) is 21.9. The Morgan fingerprint density at radius 1 is 0.919 bits per heavy atom. The Bertz CT molecular complexity index is 1590. The molecule has 0 unspecified atom stereocenters. The zero-order chi connectivity index (χ0) is 26.4. The molecule has 188 valence electrons. The molecule has 0 spiro atoms. The fourth-order valence-electron chi connectivity index (χ4n) is 4.66. The Kier molecular flexibility index (Phi) is 5.28. The van der Waals surface area contributed by atoms with Gasteiger partial charge in [-0.05, 0) is 30.7 Å². The molecular formula is C26H27FN10. The molecule has 11 heteroatoms. The lowest BCUT2D eigenvalue weighted by molar-refractivity contribution is 0.585. The second kappa shape index (κ2) is 8.93. The molecule has 1 aromatic carbocycles. The highest BCUT2D eigenvalue weighted by molar-refractivity contribution is 5.77. The van der Waals surface area contributed by atoms with E-state index < -0.39 is 5.54 Å². The maximum Gasteiger partial charge on any atom is 0.225 e. The van der Waals surface area contributed by atoms with Gasteiger partial charge in [0.2, 0.25) is 5.95 Å². The summed E-state index contributed by atoms with van der Waals surface area (Å²) in [7, 11) is 1.81. The van der Waals surface area contributed by atoms with Gasteiger partial charge in [0, 0.05) is 74.7 Å². The van der Waals surface area contributed by atoms with Crippen molar-refractivity contribution in [3.05, 3.63) is 84.6 Å². The number of hydrogen-bond donors (Lipinski definition) is 1. The van der Waals surface area contributed by atoms with Crippen LogP contribution in [0.4, 0.5) is 16.2 Å². The van der Waals surface area contributed by atoms with Crippen molar-refractivity contribution in [2.45, 2.75) is 12.5 Å². The van der Waals surface area contributed by atoms with E-state index in [4.69, 9.17) is 7.10 Å². The number of anilines is 2. The standard InChI is InChI=1S/C26H27FN10/c1-26(28,20-3-5-22(27)6-4-20)21-13-29-25(30-14-21)36-9-7-35(8-10-36)24-23-11-18(16-37(23)33-17-31-24)19-12-32-34(2)15-19/h3-6,11-17H,7-10,28H2,1-2H3/t26-/m1/s1/i12D. The smallest absolute Gasteiger partial charge is 0.225 e. The van der Waals surface area contributed by atoms with Gasteiger partial charge in [-0.25, -0.2) is 23.9 Å². The van der Waals surface area contributed by atoms with Crippen molar-refractivity contribution < 1.29 is 5.76 Å². The molecule has 10 nitrogen and oxygen atoms in total. The van der Waals surface area contributed by atoms with Crippen LogP contribution in [0.25, 0.3) is 16.6 Å². The molecule has 0 saturated carbocycles. The summed E-state index contributed by atoms with van der Waals surface area (Å²) in [4.78, 5) is 18.1. The quantitative estimate of drug-likeness (QED) is 0.393. The van der Waals surface area contributed by atoms with Crippen LogP contribution in [0.2, 0.25) is 0 Å². The fraction of sp³-hybridized carbons (Fsp3) is 0.269. The number of halogens is 1. The molecule has 2 N–H and O–H groups in total. The Hall–Kier alpha value is -4.38. The van der Waals surface area contributed by atoms with E-state index in [1.54, 1.807) is 47.1 Å². The van der Waals surface area contributed by atoms with Crippen molar-refractivity contribution in [1.29, 1.82) is 0 Å². The van der Waals surface area contributed by atoms with Gasteiger partial charge in [0.05, 0.1) is 13.1 Å². The Morgan fingerprint density at radius 3 is 2.30 bits per heavy atom. The second-order valence-electron chi connectivity index (χ2n) is 9.43. The number of benzene rings is 1. The van der Waals surface area contributed by atoms with E-state index in [1.165, 1.54) is 12.1 Å². The maximum absolute atomic E-state index is 13.3. The van der Waals surface area contributed by atoms with Gasteiger partial charge in [0.1, 0.15) is 17.7 Å². The molecule has 37 heavy (non-hydrogen) atoms. The highest BCUT2D eigenvalue weighted by Gasteiger charge is 2.26. The highest BCUT2D eigenvalue weighted by atomic mass is 19.1. The van der Waals surface area contributed by atoms with Crippen LogP contribution in [0.15, 0.2) is 67.6 Å².